The molecule has 0 heterocycles. The molecule has 0 unspecified atom stereocenters. The summed E-state index contributed by atoms with van der Waals surface area (Å²) >= 11 is 0. The van der Waals surface area contributed by atoms with Gasteiger partial charge >= 0.3 is 0 Å². The van der Waals surface area contributed by atoms with Crippen LogP contribution in [0, 0.1) is 0 Å². The second-order valence-electron chi connectivity index (χ2n) is 11.6. The minimum absolute atomic E-state index is 1.28. The highest BCUT2D eigenvalue weighted by Crippen LogP contribution is 2.14. The predicted molar refractivity (Wildman–Crippen MR) is 175 cm³/mol. The van der Waals surface area contributed by atoms with Gasteiger partial charge in [-0.1, -0.05) is 199 Å². The molecule has 0 fully saturated rings. The summed E-state index contributed by atoms with van der Waals surface area (Å²) < 4.78 is 0. The van der Waals surface area contributed by atoms with Crippen molar-refractivity contribution in [2.24, 2.45) is 0 Å². The summed E-state index contributed by atoms with van der Waals surface area (Å²) in [6, 6.07) is 0. The maximum Gasteiger partial charge on any atom is -0.0351 e. The third-order valence-electron chi connectivity index (χ3n) is 7.67. The van der Waals surface area contributed by atoms with Gasteiger partial charge in [0.25, 0.3) is 0 Å². The smallest absolute Gasteiger partial charge is 0.0351 e. The summed E-state index contributed by atoms with van der Waals surface area (Å²) in [5, 5.41) is 0. The molecule has 0 aromatic heterocycles. The second-order valence-corrected chi connectivity index (χ2v) is 11.6. The molecule has 0 rings (SSSR count). The van der Waals surface area contributed by atoms with Crippen LogP contribution < -0.4 is 0 Å². The van der Waals surface area contributed by atoms with E-state index in [1.807, 2.05) is 0 Å². The zero-order valence-electron chi connectivity index (χ0n) is 26.8. The Morgan fingerprint density at radius 2 is 0.459 bits per heavy atom. The van der Waals surface area contributed by atoms with Crippen LogP contribution in [0.1, 0.15) is 214 Å². The van der Waals surface area contributed by atoms with Crippen LogP contribution in [0.2, 0.25) is 0 Å². The molecule has 0 spiro atoms. The van der Waals surface area contributed by atoms with Crippen molar-refractivity contribution in [3.63, 3.8) is 0 Å². The molecule has 0 aliphatic carbocycles. The van der Waals surface area contributed by atoms with Crippen molar-refractivity contribution in [3.8, 4) is 0 Å². The van der Waals surface area contributed by atoms with E-state index < -0.39 is 0 Å². The summed E-state index contributed by atoms with van der Waals surface area (Å²) in [4.78, 5) is 0. The normalized spacial score (nSPS) is 11.5. The molecule has 222 valence electrons. The standard InChI is InChI=1S/C22H44.C15H30/c1-3-5-7-9-11-13-15-17-19-21-22-20-18-16-14-12-10-8-6-4-2;1-3-5-7-9-11-13-15-14-12-10-8-6-4-2/h3,5H,4,6-22H2,1-2H3;3,5H,4,6-15H2,1-2H3/b2*5-3+. The molecular weight excluding hydrogens is 444 g/mol. The molecule has 0 atom stereocenters. The first-order valence-corrected chi connectivity index (χ1v) is 17.6. The Bertz CT molecular complexity index is 404. The third kappa shape index (κ3) is 42.8. The van der Waals surface area contributed by atoms with Crippen molar-refractivity contribution < 1.29 is 0 Å². The van der Waals surface area contributed by atoms with Crippen molar-refractivity contribution in [2.45, 2.75) is 214 Å². The van der Waals surface area contributed by atoms with Gasteiger partial charge < -0.3 is 0 Å². The predicted octanol–water partition coefficient (Wildman–Crippen LogP) is 14.5. The van der Waals surface area contributed by atoms with Crippen LogP contribution in [0.5, 0.6) is 0 Å². The van der Waals surface area contributed by atoms with Gasteiger partial charge in [0.15, 0.2) is 0 Å². The van der Waals surface area contributed by atoms with Crippen LogP contribution in [0.3, 0.4) is 0 Å². The lowest BCUT2D eigenvalue weighted by molar-refractivity contribution is 0.527. The molecular formula is C37H74. The average Bonchev–Trinajstić information content (AvgIpc) is 2.91. The van der Waals surface area contributed by atoms with Gasteiger partial charge in [0.05, 0.1) is 0 Å². The molecule has 0 saturated heterocycles. The number of allylic oxidation sites excluding steroid dienone is 4. The van der Waals surface area contributed by atoms with Crippen LogP contribution in [0.4, 0.5) is 0 Å². The maximum absolute atomic E-state index is 2.30. The number of unbranched alkanes of at least 4 members (excludes halogenated alkanes) is 27. The lowest BCUT2D eigenvalue weighted by Gasteiger charge is -2.03. The molecule has 0 aliphatic rings. The van der Waals surface area contributed by atoms with E-state index in [1.54, 1.807) is 0 Å². The second kappa shape index (κ2) is 40.0. The highest BCUT2D eigenvalue weighted by Gasteiger charge is 1.95. The molecule has 0 N–H and O–H groups in total. The van der Waals surface area contributed by atoms with Gasteiger partial charge in [0, 0.05) is 0 Å². The van der Waals surface area contributed by atoms with Crippen LogP contribution >= 0.6 is 0 Å². The zero-order valence-corrected chi connectivity index (χ0v) is 26.8. The van der Waals surface area contributed by atoms with Crippen molar-refractivity contribution >= 4 is 0 Å². The Morgan fingerprint density at radius 3 is 0.649 bits per heavy atom. The monoisotopic (exact) mass is 519 g/mol. The minimum Gasteiger partial charge on any atom is -0.0917 e. The Kier molecular flexibility index (Phi) is 41.7. The Labute approximate surface area is 238 Å². The molecule has 37 heavy (non-hydrogen) atoms. The van der Waals surface area contributed by atoms with Crippen molar-refractivity contribution in [2.75, 3.05) is 0 Å². The van der Waals surface area contributed by atoms with Crippen LogP contribution in [-0.4, -0.2) is 0 Å². The van der Waals surface area contributed by atoms with Gasteiger partial charge in [-0.3, -0.25) is 0 Å². The van der Waals surface area contributed by atoms with E-state index in [1.165, 1.54) is 186 Å². The van der Waals surface area contributed by atoms with Gasteiger partial charge in [-0.2, -0.15) is 0 Å². The number of hydrogen-bond acceptors (Lipinski definition) is 0. The van der Waals surface area contributed by atoms with E-state index in [2.05, 4.69) is 52.0 Å². The van der Waals surface area contributed by atoms with Crippen molar-refractivity contribution in [3.05, 3.63) is 24.3 Å². The van der Waals surface area contributed by atoms with E-state index in [-0.39, 0.29) is 0 Å². The van der Waals surface area contributed by atoms with E-state index >= 15 is 0 Å². The molecule has 0 saturated carbocycles. The summed E-state index contributed by atoms with van der Waals surface area (Å²) in [6.07, 6.45) is 50.7. The molecule has 0 aliphatic heterocycles. The van der Waals surface area contributed by atoms with Gasteiger partial charge in [0.1, 0.15) is 0 Å². The summed E-state index contributed by atoms with van der Waals surface area (Å²) in [7, 11) is 0. The highest BCUT2D eigenvalue weighted by atomic mass is 14.0. The fourth-order valence-corrected chi connectivity index (χ4v) is 5.07. The fourth-order valence-electron chi connectivity index (χ4n) is 5.07. The van der Waals surface area contributed by atoms with E-state index in [0.29, 0.717) is 0 Å². The number of rotatable bonds is 29. The Hall–Kier alpha value is -0.520. The topological polar surface area (TPSA) is 0 Å². The van der Waals surface area contributed by atoms with Crippen molar-refractivity contribution in [1.82, 2.24) is 0 Å². The van der Waals surface area contributed by atoms with E-state index in [4.69, 9.17) is 0 Å². The first-order valence-electron chi connectivity index (χ1n) is 17.6. The van der Waals surface area contributed by atoms with Gasteiger partial charge in [-0.15, -0.1) is 0 Å². The highest BCUT2D eigenvalue weighted by molar-refractivity contribution is 4.76. The van der Waals surface area contributed by atoms with Crippen LogP contribution in [-0.2, 0) is 0 Å². The van der Waals surface area contributed by atoms with Crippen LogP contribution in [0.25, 0.3) is 0 Å². The Morgan fingerprint density at radius 1 is 0.270 bits per heavy atom. The fraction of sp³-hybridized carbons (Fsp3) is 0.892. The lowest BCUT2D eigenvalue weighted by Crippen LogP contribution is -1.83. The van der Waals surface area contributed by atoms with Gasteiger partial charge in [-0.05, 0) is 39.5 Å². The maximum atomic E-state index is 2.30. The molecule has 0 radical (unpaired) electrons. The summed E-state index contributed by atoms with van der Waals surface area (Å²) in [5.74, 6) is 0. The van der Waals surface area contributed by atoms with Crippen LogP contribution in [0.15, 0.2) is 24.3 Å². The molecule has 0 amide bonds. The largest absolute Gasteiger partial charge is 0.0917 e. The quantitative estimate of drug-likeness (QED) is 0.0682. The summed E-state index contributed by atoms with van der Waals surface area (Å²) in [5.41, 5.74) is 0. The first kappa shape index (κ1) is 38.6. The van der Waals surface area contributed by atoms with Crippen molar-refractivity contribution in [1.29, 1.82) is 0 Å². The minimum atomic E-state index is 1.28. The molecule has 0 bridgehead atoms. The molecule has 0 aromatic rings. The van der Waals surface area contributed by atoms with E-state index in [0.717, 1.165) is 0 Å². The molecule has 0 aromatic carbocycles. The van der Waals surface area contributed by atoms with Gasteiger partial charge in [-0.25, -0.2) is 0 Å². The molecule has 0 heteroatoms. The lowest BCUT2D eigenvalue weighted by atomic mass is 10.0. The average molecular weight is 519 g/mol. The first-order chi connectivity index (χ1) is 18.3. The summed E-state index contributed by atoms with van der Waals surface area (Å²) in [6.45, 7) is 8.81. The SMILES string of the molecule is C/C=C/CCCCCCCCCCCC.C/C=C/CCCCCCCCCCCCCCCCCCC. The number of hydrogen-bond donors (Lipinski definition) is 0. The Balaban J connectivity index is 0. The third-order valence-corrected chi connectivity index (χ3v) is 7.67. The molecule has 0 nitrogen and oxygen atoms in total. The zero-order chi connectivity index (χ0) is 27.3. The van der Waals surface area contributed by atoms with E-state index in [9.17, 15) is 0 Å². The van der Waals surface area contributed by atoms with Gasteiger partial charge in [0.2, 0.25) is 0 Å².